The molecule has 146 valence electrons. The second kappa shape index (κ2) is 7.58. The number of benzene rings is 2. The summed E-state index contributed by atoms with van der Waals surface area (Å²) in [6.45, 7) is 5.14. The first kappa shape index (κ1) is 19.8. The van der Waals surface area contributed by atoms with E-state index in [4.69, 9.17) is 9.47 Å². The van der Waals surface area contributed by atoms with E-state index in [9.17, 15) is 19.8 Å². The topological polar surface area (TPSA) is 93.1 Å². The predicted molar refractivity (Wildman–Crippen MR) is 103 cm³/mol. The van der Waals surface area contributed by atoms with Crippen LogP contribution in [-0.2, 0) is 6.42 Å². The molecule has 0 aromatic heterocycles. The number of methoxy groups -OCH3 is 2. The summed E-state index contributed by atoms with van der Waals surface area (Å²) in [4.78, 5) is 26.5. The van der Waals surface area contributed by atoms with Crippen LogP contribution in [0.5, 0.6) is 11.5 Å². The van der Waals surface area contributed by atoms with Gasteiger partial charge >= 0.3 is 0 Å². The van der Waals surface area contributed by atoms with E-state index in [-0.39, 0.29) is 39.4 Å². The molecule has 0 saturated carbocycles. The Morgan fingerprint density at radius 2 is 1.50 bits per heavy atom. The van der Waals surface area contributed by atoms with Gasteiger partial charge < -0.3 is 19.7 Å². The third kappa shape index (κ3) is 2.91. The lowest BCUT2D eigenvalue weighted by Crippen LogP contribution is -2.25. The minimum absolute atomic E-state index is 0.0794. The Labute approximate surface area is 163 Å². The van der Waals surface area contributed by atoms with Crippen molar-refractivity contribution >= 4 is 11.6 Å². The maximum atomic E-state index is 13.3. The largest absolute Gasteiger partial charge is 0.496 e. The first-order valence-corrected chi connectivity index (χ1v) is 8.84. The molecule has 0 spiro atoms. The molecular weight excluding hydrogens is 360 g/mol. The average Bonchev–Trinajstić information content (AvgIpc) is 2.69. The van der Waals surface area contributed by atoms with Crippen LogP contribution in [0.4, 0.5) is 0 Å². The lowest BCUT2D eigenvalue weighted by Gasteiger charge is -2.25. The van der Waals surface area contributed by atoms with Gasteiger partial charge in [0.1, 0.15) is 17.6 Å². The molecule has 0 aliphatic heterocycles. The van der Waals surface area contributed by atoms with Crippen molar-refractivity contribution < 1.29 is 29.3 Å². The van der Waals surface area contributed by atoms with Crippen LogP contribution < -0.4 is 9.47 Å². The number of ketones is 2. The summed E-state index contributed by atoms with van der Waals surface area (Å²) in [7, 11) is 2.81. The van der Waals surface area contributed by atoms with E-state index in [2.05, 4.69) is 6.58 Å². The normalized spacial score (nSPS) is 14.8. The van der Waals surface area contributed by atoms with Gasteiger partial charge in [0.15, 0.2) is 11.6 Å². The molecule has 0 radical (unpaired) electrons. The van der Waals surface area contributed by atoms with Gasteiger partial charge in [-0.2, -0.15) is 0 Å². The monoisotopic (exact) mass is 382 g/mol. The Kier molecular flexibility index (Phi) is 5.36. The third-order valence-corrected chi connectivity index (χ3v) is 4.92. The summed E-state index contributed by atoms with van der Waals surface area (Å²) >= 11 is 0. The van der Waals surface area contributed by atoms with Crippen molar-refractivity contribution in [2.75, 3.05) is 14.2 Å². The molecule has 2 N–H and O–H groups in total. The summed E-state index contributed by atoms with van der Waals surface area (Å²) in [5.74, 6) is -0.314. The number of hydrogen-bond donors (Lipinski definition) is 2. The zero-order chi connectivity index (χ0) is 20.6. The van der Waals surface area contributed by atoms with Crippen LogP contribution in [0.3, 0.4) is 0 Å². The van der Waals surface area contributed by atoms with Gasteiger partial charge in [-0.3, -0.25) is 9.59 Å². The van der Waals surface area contributed by atoms with E-state index in [0.717, 1.165) is 5.56 Å². The van der Waals surface area contributed by atoms with Gasteiger partial charge in [-0.15, -0.1) is 6.58 Å². The summed E-state index contributed by atoms with van der Waals surface area (Å²) in [5.41, 5.74) is 1.68. The quantitative estimate of drug-likeness (QED) is 0.637. The molecule has 2 aromatic rings. The van der Waals surface area contributed by atoms with Crippen molar-refractivity contribution in [2.24, 2.45) is 0 Å². The van der Waals surface area contributed by atoms with E-state index in [0.29, 0.717) is 12.2 Å². The SMILES string of the molecule is C=CCc1ccc2c(c1OC)C(=O)c1ccc(C(O)C(C)O)c(OC)c1C2=O. The second-order valence-electron chi connectivity index (χ2n) is 6.63. The lowest BCUT2D eigenvalue weighted by atomic mass is 9.80. The van der Waals surface area contributed by atoms with Crippen LogP contribution >= 0.6 is 0 Å². The van der Waals surface area contributed by atoms with Crippen molar-refractivity contribution in [3.05, 3.63) is 70.3 Å². The zero-order valence-electron chi connectivity index (χ0n) is 16.0. The molecule has 2 unspecified atom stereocenters. The minimum Gasteiger partial charge on any atom is -0.496 e. The van der Waals surface area contributed by atoms with Crippen LogP contribution in [0, 0.1) is 0 Å². The number of carbonyl (C=O) groups is 2. The fraction of sp³-hybridized carbons (Fsp3) is 0.273. The van der Waals surface area contributed by atoms with Gasteiger partial charge in [0, 0.05) is 16.7 Å². The Morgan fingerprint density at radius 1 is 0.964 bits per heavy atom. The Bertz CT molecular complexity index is 973. The summed E-state index contributed by atoms with van der Waals surface area (Å²) in [6.07, 6.45) is -0.141. The molecule has 6 heteroatoms. The van der Waals surface area contributed by atoms with Crippen LogP contribution in [-0.4, -0.2) is 42.1 Å². The van der Waals surface area contributed by atoms with Gasteiger partial charge in [-0.1, -0.05) is 18.2 Å². The first-order valence-electron chi connectivity index (χ1n) is 8.84. The van der Waals surface area contributed by atoms with Gasteiger partial charge in [-0.05, 0) is 31.0 Å². The van der Waals surface area contributed by atoms with Crippen molar-refractivity contribution in [1.82, 2.24) is 0 Å². The van der Waals surface area contributed by atoms with Crippen molar-refractivity contribution in [1.29, 1.82) is 0 Å². The van der Waals surface area contributed by atoms with Crippen LogP contribution in [0.25, 0.3) is 0 Å². The van der Waals surface area contributed by atoms with E-state index in [1.165, 1.54) is 33.3 Å². The molecule has 28 heavy (non-hydrogen) atoms. The maximum Gasteiger partial charge on any atom is 0.198 e. The van der Waals surface area contributed by atoms with Crippen LogP contribution in [0.1, 0.15) is 56.0 Å². The third-order valence-electron chi connectivity index (χ3n) is 4.92. The van der Waals surface area contributed by atoms with Gasteiger partial charge in [0.05, 0.1) is 31.5 Å². The number of hydrogen-bond acceptors (Lipinski definition) is 6. The summed E-state index contributed by atoms with van der Waals surface area (Å²) in [6, 6.07) is 6.29. The van der Waals surface area contributed by atoms with Crippen LogP contribution in [0.2, 0.25) is 0 Å². The molecule has 6 nitrogen and oxygen atoms in total. The second-order valence-corrected chi connectivity index (χ2v) is 6.63. The number of ether oxygens (including phenoxy) is 2. The average molecular weight is 382 g/mol. The Balaban J connectivity index is 2.28. The van der Waals surface area contributed by atoms with Crippen molar-refractivity contribution in [3.63, 3.8) is 0 Å². The molecule has 1 aliphatic rings. The highest BCUT2D eigenvalue weighted by Gasteiger charge is 2.37. The standard InChI is InChI=1S/C22H22O6/c1-5-6-12-7-8-13-16(21(12)27-3)19(25)14-9-10-15(18(24)11(2)23)22(28-4)17(14)20(13)26/h5,7-11,18,23-24H,1,6H2,2-4H3. The molecule has 0 saturated heterocycles. The number of fused-ring (bicyclic) bond motifs is 2. The number of carbonyl (C=O) groups excluding carboxylic acids is 2. The van der Waals surface area contributed by atoms with E-state index in [1.807, 2.05) is 0 Å². The fourth-order valence-electron chi connectivity index (χ4n) is 3.59. The molecule has 2 aromatic carbocycles. The minimum atomic E-state index is -1.26. The molecule has 2 atom stereocenters. The van der Waals surface area contributed by atoms with E-state index < -0.39 is 18.0 Å². The fourth-order valence-corrected chi connectivity index (χ4v) is 3.59. The predicted octanol–water partition coefficient (Wildman–Crippen LogP) is 2.62. The van der Waals surface area contributed by atoms with Crippen molar-refractivity contribution in [3.8, 4) is 11.5 Å². The maximum absolute atomic E-state index is 13.3. The van der Waals surface area contributed by atoms with Crippen LogP contribution in [0.15, 0.2) is 36.9 Å². The molecule has 1 aliphatic carbocycles. The summed E-state index contributed by atoms with van der Waals surface area (Å²) in [5, 5.41) is 20.0. The smallest absolute Gasteiger partial charge is 0.198 e. The zero-order valence-corrected chi connectivity index (χ0v) is 16.0. The number of allylic oxidation sites excluding steroid dienone is 1. The van der Waals surface area contributed by atoms with Crippen molar-refractivity contribution in [2.45, 2.75) is 25.6 Å². The first-order chi connectivity index (χ1) is 13.4. The molecule has 0 heterocycles. The highest BCUT2D eigenvalue weighted by Crippen LogP contribution is 2.41. The van der Waals surface area contributed by atoms with Gasteiger partial charge in [0.25, 0.3) is 0 Å². The number of aliphatic hydroxyl groups excluding tert-OH is 2. The lowest BCUT2D eigenvalue weighted by molar-refractivity contribution is 0.0289. The Hall–Kier alpha value is -2.96. The summed E-state index contributed by atoms with van der Waals surface area (Å²) < 4.78 is 10.8. The van der Waals surface area contributed by atoms with E-state index >= 15 is 0 Å². The number of rotatable bonds is 6. The molecule has 0 fully saturated rings. The van der Waals surface area contributed by atoms with Gasteiger partial charge in [0.2, 0.25) is 0 Å². The highest BCUT2D eigenvalue weighted by atomic mass is 16.5. The molecule has 0 amide bonds. The number of aliphatic hydroxyl groups is 2. The molecule has 3 rings (SSSR count). The van der Waals surface area contributed by atoms with E-state index in [1.54, 1.807) is 18.2 Å². The molecule has 0 bridgehead atoms. The highest BCUT2D eigenvalue weighted by molar-refractivity contribution is 6.30. The van der Waals surface area contributed by atoms with Gasteiger partial charge in [-0.25, -0.2) is 0 Å². The molecular formula is C22H22O6. The Morgan fingerprint density at radius 3 is 2.00 bits per heavy atom.